The molecule has 3 aromatic rings. The number of nitrogens with two attached hydrogens (primary N) is 1. The van der Waals surface area contributed by atoms with Crippen molar-refractivity contribution in [1.29, 1.82) is 0 Å². The minimum Gasteiger partial charge on any atom is -0.492 e. The number of fused-ring (bicyclic) bond motifs is 1. The Hall–Kier alpha value is -2.36. The summed E-state index contributed by atoms with van der Waals surface area (Å²) in [7, 11) is -3.31. The summed E-state index contributed by atoms with van der Waals surface area (Å²) in [6.07, 6.45) is 1.14. The van der Waals surface area contributed by atoms with E-state index in [1.54, 1.807) is 12.1 Å². The lowest BCUT2D eigenvalue weighted by molar-refractivity contribution is 0.222. The van der Waals surface area contributed by atoms with E-state index in [9.17, 15) is 8.42 Å². The number of aromatic nitrogens is 1. The third-order valence-corrected chi connectivity index (χ3v) is 7.18. The van der Waals surface area contributed by atoms with Crippen LogP contribution in [0.25, 0.3) is 22.2 Å². The summed E-state index contributed by atoms with van der Waals surface area (Å²) in [4.78, 5) is 2.45. The molecule has 1 aliphatic rings. The average Bonchev–Trinajstić information content (AvgIpc) is 3.05. The van der Waals surface area contributed by atoms with E-state index in [4.69, 9.17) is 10.5 Å². The van der Waals surface area contributed by atoms with Crippen LogP contribution >= 0.6 is 11.8 Å². The molecule has 2 heterocycles. The highest BCUT2D eigenvalue weighted by atomic mass is 32.2. The van der Waals surface area contributed by atoms with Gasteiger partial charge in [0.1, 0.15) is 12.4 Å². The summed E-state index contributed by atoms with van der Waals surface area (Å²) in [5, 5.41) is 0.987. The van der Waals surface area contributed by atoms with Gasteiger partial charge in [-0.15, -0.1) is 0 Å². The van der Waals surface area contributed by atoms with E-state index in [1.165, 1.54) is 11.5 Å². The molecule has 0 bridgehead atoms. The first-order chi connectivity index (χ1) is 15.4. The Balaban J connectivity index is 1.57. The van der Waals surface area contributed by atoms with Gasteiger partial charge in [0.15, 0.2) is 0 Å². The second kappa shape index (κ2) is 9.64. The molecular formula is C23H30N4O3S2. The molecule has 32 heavy (non-hydrogen) atoms. The molecule has 7 nitrogen and oxygen atoms in total. The van der Waals surface area contributed by atoms with Crippen LogP contribution in [0, 0.1) is 0 Å². The molecule has 0 saturated carbocycles. The second-order valence-electron chi connectivity index (χ2n) is 7.94. The van der Waals surface area contributed by atoms with Crippen molar-refractivity contribution in [2.45, 2.75) is 13.5 Å². The maximum atomic E-state index is 11.5. The number of rotatable bonds is 8. The predicted octanol–water partition coefficient (Wildman–Crippen LogP) is 3.71. The Kier molecular flexibility index (Phi) is 6.88. The molecule has 0 spiro atoms. The van der Waals surface area contributed by atoms with E-state index in [0.717, 1.165) is 60.3 Å². The lowest BCUT2D eigenvalue weighted by Crippen LogP contribution is -2.35. The van der Waals surface area contributed by atoms with Gasteiger partial charge in [0.05, 0.1) is 23.2 Å². The number of benzene rings is 2. The first kappa shape index (κ1) is 22.8. The molecule has 2 aromatic carbocycles. The van der Waals surface area contributed by atoms with Crippen molar-refractivity contribution in [1.82, 2.24) is 9.47 Å². The van der Waals surface area contributed by atoms with Gasteiger partial charge in [0.2, 0.25) is 10.0 Å². The summed E-state index contributed by atoms with van der Waals surface area (Å²) >= 11 is 2.01. The fourth-order valence-corrected chi connectivity index (χ4v) is 5.66. The maximum absolute atomic E-state index is 11.5. The van der Waals surface area contributed by atoms with Crippen molar-refractivity contribution in [3.05, 3.63) is 42.5 Å². The maximum Gasteiger partial charge on any atom is 0.229 e. The minimum atomic E-state index is -3.31. The number of thioether (sulfide) groups is 1. The fraction of sp³-hybridized carbons (Fsp3) is 0.391. The largest absolute Gasteiger partial charge is 0.492 e. The number of nitrogens with zero attached hydrogens (tertiary/aromatic N) is 2. The van der Waals surface area contributed by atoms with Crippen LogP contribution in [0.5, 0.6) is 5.75 Å². The zero-order valence-electron chi connectivity index (χ0n) is 18.5. The van der Waals surface area contributed by atoms with Gasteiger partial charge < -0.3 is 15.0 Å². The fourth-order valence-electron chi connectivity index (χ4n) is 4.11. The molecule has 0 amide bonds. The summed E-state index contributed by atoms with van der Waals surface area (Å²) in [5.41, 5.74) is 10.7. The number of hydrogen-bond acceptors (Lipinski definition) is 6. The summed E-state index contributed by atoms with van der Waals surface area (Å²) in [5.74, 6) is 3.24. The topological polar surface area (TPSA) is 89.6 Å². The monoisotopic (exact) mass is 474 g/mol. The van der Waals surface area contributed by atoms with Gasteiger partial charge in [0, 0.05) is 60.4 Å². The van der Waals surface area contributed by atoms with E-state index in [0.29, 0.717) is 18.0 Å². The molecule has 4 rings (SSSR count). The highest BCUT2D eigenvalue weighted by molar-refractivity contribution is 7.99. The zero-order chi connectivity index (χ0) is 22.7. The lowest BCUT2D eigenvalue weighted by atomic mass is 10.1. The van der Waals surface area contributed by atoms with Crippen LogP contribution in [0.1, 0.15) is 6.92 Å². The molecule has 172 valence electrons. The normalized spacial score (nSPS) is 15.2. The molecular weight excluding hydrogens is 444 g/mol. The third-order valence-electron chi connectivity index (χ3n) is 5.63. The Bertz CT molecular complexity index is 1180. The van der Waals surface area contributed by atoms with Crippen molar-refractivity contribution < 1.29 is 13.2 Å². The average molecular weight is 475 g/mol. The Morgan fingerprint density at radius 1 is 1.12 bits per heavy atom. The van der Waals surface area contributed by atoms with Gasteiger partial charge in [-0.25, -0.2) is 8.42 Å². The third kappa shape index (κ3) is 5.16. The van der Waals surface area contributed by atoms with Crippen molar-refractivity contribution in [3.8, 4) is 17.0 Å². The lowest BCUT2D eigenvalue weighted by Gasteiger charge is -2.25. The van der Waals surface area contributed by atoms with Crippen LogP contribution in [0.4, 0.5) is 11.4 Å². The Labute approximate surface area is 194 Å². The number of sulfonamides is 1. The molecule has 0 aliphatic carbocycles. The number of anilines is 2. The van der Waals surface area contributed by atoms with Crippen LogP contribution in [0.2, 0.25) is 0 Å². The predicted molar refractivity (Wildman–Crippen MR) is 135 cm³/mol. The quantitative estimate of drug-likeness (QED) is 0.517. The Morgan fingerprint density at radius 2 is 1.84 bits per heavy atom. The molecule has 1 aliphatic heterocycles. The number of hydrogen-bond donors (Lipinski definition) is 2. The van der Waals surface area contributed by atoms with Crippen LogP contribution in [0.3, 0.4) is 0 Å². The number of ether oxygens (including phenoxy) is 1. The van der Waals surface area contributed by atoms with E-state index in [1.807, 2.05) is 36.0 Å². The van der Waals surface area contributed by atoms with E-state index in [-0.39, 0.29) is 0 Å². The molecule has 0 atom stereocenters. The van der Waals surface area contributed by atoms with Gasteiger partial charge in [-0.3, -0.25) is 9.62 Å². The molecule has 1 fully saturated rings. The van der Waals surface area contributed by atoms with Crippen LogP contribution in [-0.2, 0) is 16.6 Å². The standard InChI is InChI=1S/C23H30N4O3S2/c1-3-27-21-16-19(30-13-10-26-11-14-31-15-12-26)8-9-20(21)22(24)23(27)17-4-6-18(7-5-17)25-32(2,28)29/h4-9,16,25H,3,10-15,24H2,1-2H3. The first-order valence-corrected chi connectivity index (χ1v) is 13.8. The molecule has 9 heteroatoms. The SMILES string of the molecule is CCn1c(-c2ccc(NS(C)(=O)=O)cc2)c(N)c2ccc(OCCN3CCSCC3)cc21. The molecule has 1 aromatic heterocycles. The van der Waals surface area contributed by atoms with Gasteiger partial charge in [0.25, 0.3) is 0 Å². The molecule has 0 unspecified atom stereocenters. The van der Waals surface area contributed by atoms with Gasteiger partial charge in [-0.2, -0.15) is 11.8 Å². The Morgan fingerprint density at radius 3 is 2.50 bits per heavy atom. The summed E-state index contributed by atoms with van der Waals surface area (Å²) in [6.45, 7) is 6.70. The molecule has 1 saturated heterocycles. The van der Waals surface area contributed by atoms with Gasteiger partial charge >= 0.3 is 0 Å². The zero-order valence-corrected chi connectivity index (χ0v) is 20.1. The van der Waals surface area contributed by atoms with Crippen molar-refractivity contribution >= 4 is 44.1 Å². The summed E-state index contributed by atoms with van der Waals surface area (Å²) < 4.78 is 33.7. The number of nitrogens with one attached hydrogen (secondary N) is 1. The van der Waals surface area contributed by atoms with E-state index in [2.05, 4.69) is 27.2 Å². The minimum absolute atomic E-state index is 0.525. The highest BCUT2D eigenvalue weighted by Gasteiger charge is 2.17. The van der Waals surface area contributed by atoms with E-state index >= 15 is 0 Å². The van der Waals surface area contributed by atoms with Crippen LogP contribution in [0.15, 0.2) is 42.5 Å². The van der Waals surface area contributed by atoms with E-state index < -0.39 is 10.0 Å². The smallest absolute Gasteiger partial charge is 0.229 e. The number of aryl methyl sites for hydroxylation is 1. The first-order valence-electron chi connectivity index (χ1n) is 10.8. The molecule has 0 radical (unpaired) electrons. The second-order valence-corrected chi connectivity index (χ2v) is 10.9. The van der Waals surface area contributed by atoms with Gasteiger partial charge in [-0.1, -0.05) is 12.1 Å². The number of nitrogen functional groups attached to an aromatic ring is 1. The van der Waals surface area contributed by atoms with Crippen LogP contribution < -0.4 is 15.2 Å². The van der Waals surface area contributed by atoms with Crippen molar-refractivity contribution in [2.75, 3.05) is 54.5 Å². The summed E-state index contributed by atoms with van der Waals surface area (Å²) in [6, 6.07) is 13.3. The van der Waals surface area contributed by atoms with Crippen molar-refractivity contribution in [2.24, 2.45) is 0 Å². The highest BCUT2D eigenvalue weighted by Crippen LogP contribution is 2.38. The van der Waals surface area contributed by atoms with Gasteiger partial charge in [-0.05, 0) is 31.2 Å². The van der Waals surface area contributed by atoms with Crippen molar-refractivity contribution in [3.63, 3.8) is 0 Å². The molecule has 3 N–H and O–H groups in total. The van der Waals surface area contributed by atoms with Crippen LogP contribution in [-0.4, -0.2) is 61.9 Å².